The highest BCUT2D eigenvalue weighted by atomic mass is 79.9. The summed E-state index contributed by atoms with van der Waals surface area (Å²) >= 11 is 3.35. The number of aromatic nitrogens is 2. The third kappa shape index (κ3) is 4.04. The van der Waals surface area contributed by atoms with E-state index in [0.29, 0.717) is 29.2 Å². The Hall–Kier alpha value is -0.920. The van der Waals surface area contributed by atoms with Gasteiger partial charge in [-0.2, -0.15) is 5.10 Å². The third-order valence-electron chi connectivity index (χ3n) is 3.05. The number of rotatable bonds is 5. The highest BCUT2D eigenvalue weighted by Gasteiger charge is 2.15. The molecule has 1 aromatic heterocycles. The van der Waals surface area contributed by atoms with Crippen molar-refractivity contribution in [1.29, 1.82) is 0 Å². The average molecular weight is 345 g/mol. The van der Waals surface area contributed by atoms with Gasteiger partial charge in [-0.25, -0.2) is 4.68 Å². The zero-order valence-corrected chi connectivity index (χ0v) is 13.4. The van der Waals surface area contributed by atoms with E-state index >= 15 is 0 Å². The van der Waals surface area contributed by atoms with E-state index in [1.807, 2.05) is 0 Å². The highest BCUT2D eigenvalue weighted by molar-refractivity contribution is 9.10. The van der Waals surface area contributed by atoms with Gasteiger partial charge in [-0.1, -0.05) is 13.8 Å². The van der Waals surface area contributed by atoms with E-state index < -0.39 is 0 Å². The molecule has 0 aliphatic carbocycles. The predicted octanol–water partition coefficient (Wildman–Crippen LogP) is 1.06. The molecule has 1 aliphatic rings. The molecular weight excluding hydrogens is 324 g/mol. The van der Waals surface area contributed by atoms with Gasteiger partial charge in [-0.3, -0.25) is 4.79 Å². The number of halogens is 1. The molecule has 6 nitrogen and oxygen atoms in total. The molecule has 0 bridgehead atoms. The van der Waals surface area contributed by atoms with Crippen LogP contribution in [0.5, 0.6) is 0 Å². The zero-order chi connectivity index (χ0) is 14.5. The molecule has 0 spiro atoms. The molecule has 1 aliphatic heterocycles. The van der Waals surface area contributed by atoms with Crippen molar-refractivity contribution in [2.45, 2.75) is 26.5 Å². The quantitative estimate of drug-likeness (QED) is 0.835. The van der Waals surface area contributed by atoms with Gasteiger partial charge in [-0.15, -0.1) is 0 Å². The van der Waals surface area contributed by atoms with Gasteiger partial charge in [0.05, 0.1) is 24.6 Å². The Bertz CT molecular complexity index is 498. The lowest BCUT2D eigenvalue weighted by Gasteiger charge is -2.24. The van der Waals surface area contributed by atoms with Crippen molar-refractivity contribution in [3.8, 4) is 0 Å². The molecule has 0 saturated carbocycles. The molecule has 7 heteroatoms. The Labute approximate surface area is 127 Å². The normalized spacial score (nSPS) is 19.3. The largest absolute Gasteiger partial charge is 0.380 e. The summed E-state index contributed by atoms with van der Waals surface area (Å²) in [5.41, 5.74) is 0.607. The van der Waals surface area contributed by atoms with Gasteiger partial charge >= 0.3 is 0 Å². The van der Waals surface area contributed by atoms with Crippen LogP contribution >= 0.6 is 15.9 Å². The fourth-order valence-electron chi connectivity index (χ4n) is 2.04. The number of hydrogen-bond acceptors (Lipinski definition) is 5. The molecular formula is C13H21BrN4O2. The Morgan fingerprint density at radius 2 is 2.45 bits per heavy atom. The van der Waals surface area contributed by atoms with Crippen molar-refractivity contribution in [3.63, 3.8) is 0 Å². The molecule has 1 aromatic rings. The highest BCUT2D eigenvalue weighted by Crippen LogP contribution is 2.16. The van der Waals surface area contributed by atoms with Gasteiger partial charge in [0.2, 0.25) is 0 Å². The summed E-state index contributed by atoms with van der Waals surface area (Å²) in [5.74, 6) is 0.382. The summed E-state index contributed by atoms with van der Waals surface area (Å²) in [5, 5.41) is 10.7. The van der Waals surface area contributed by atoms with Crippen LogP contribution in [0.2, 0.25) is 0 Å². The maximum Gasteiger partial charge on any atom is 0.283 e. The third-order valence-corrected chi connectivity index (χ3v) is 3.81. The van der Waals surface area contributed by atoms with Crippen molar-refractivity contribution in [3.05, 3.63) is 21.0 Å². The van der Waals surface area contributed by atoms with Crippen molar-refractivity contribution in [1.82, 2.24) is 15.1 Å². The summed E-state index contributed by atoms with van der Waals surface area (Å²) in [6.07, 6.45) is 1.80. The first-order valence-electron chi connectivity index (χ1n) is 6.89. The first-order valence-corrected chi connectivity index (χ1v) is 7.69. The van der Waals surface area contributed by atoms with Gasteiger partial charge in [0.25, 0.3) is 5.56 Å². The first-order chi connectivity index (χ1) is 9.58. The maximum absolute atomic E-state index is 12.1. The minimum atomic E-state index is -0.105. The van der Waals surface area contributed by atoms with Crippen LogP contribution in [0.1, 0.15) is 13.8 Å². The summed E-state index contributed by atoms with van der Waals surface area (Å²) in [6.45, 7) is 7.83. The van der Waals surface area contributed by atoms with E-state index in [1.54, 1.807) is 6.20 Å². The summed E-state index contributed by atoms with van der Waals surface area (Å²) < 4.78 is 7.61. The minimum Gasteiger partial charge on any atom is -0.380 e. The van der Waals surface area contributed by atoms with Gasteiger partial charge in [-0.05, 0) is 21.8 Å². The number of ether oxygens (including phenoxy) is 1. The van der Waals surface area contributed by atoms with E-state index in [-0.39, 0.29) is 11.7 Å². The number of anilines is 1. The van der Waals surface area contributed by atoms with E-state index in [2.05, 4.69) is 45.5 Å². The van der Waals surface area contributed by atoms with Crippen molar-refractivity contribution in [2.75, 3.05) is 31.6 Å². The molecule has 2 N–H and O–H groups in total. The van der Waals surface area contributed by atoms with Gasteiger partial charge in [0, 0.05) is 26.2 Å². The molecule has 2 rings (SSSR count). The van der Waals surface area contributed by atoms with Gasteiger partial charge in [0.1, 0.15) is 4.47 Å². The van der Waals surface area contributed by atoms with Crippen LogP contribution in [0.4, 0.5) is 5.69 Å². The number of nitrogens with one attached hydrogen (secondary N) is 2. The summed E-state index contributed by atoms with van der Waals surface area (Å²) in [4.78, 5) is 12.1. The van der Waals surface area contributed by atoms with Crippen LogP contribution in [-0.4, -0.2) is 42.1 Å². The predicted molar refractivity (Wildman–Crippen MR) is 82.1 cm³/mol. The Morgan fingerprint density at radius 3 is 3.10 bits per heavy atom. The SMILES string of the molecule is CC(C)Cn1ncc(NCC2CNCCO2)c(Br)c1=O. The molecule has 1 atom stereocenters. The monoisotopic (exact) mass is 344 g/mol. The summed E-state index contributed by atoms with van der Waals surface area (Å²) in [7, 11) is 0. The first kappa shape index (κ1) is 15.5. The van der Waals surface area contributed by atoms with Crippen LogP contribution in [0.3, 0.4) is 0 Å². The molecule has 0 aromatic carbocycles. The fourth-order valence-corrected chi connectivity index (χ4v) is 2.49. The number of nitrogens with zero attached hydrogens (tertiary/aromatic N) is 2. The molecule has 1 unspecified atom stereocenters. The Kier molecular flexibility index (Phi) is 5.56. The topological polar surface area (TPSA) is 68.2 Å². The molecule has 1 fully saturated rings. The summed E-state index contributed by atoms with van der Waals surface area (Å²) in [6, 6.07) is 0. The van der Waals surface area contributed by atoms with Crippen molar-refractivity contribution < 1.29 is 4.74 Å². The van der Waals surface area contributed by atoms with Crippen LogP contribution in [0, 0.1) is 5.92 Å². The average Bonchev–Trinajstić information content (AvgIpc) is 2.44. The molecule has 20 heavy (non-hydrogen) atoms. The van der Waals surface area contributed by atoms with E-state index in [0.717, 1.165) is 19.7 Å². The second-order valence-corrected chi connectivity index (χ2v) is 6.12. The van der Waals surface area contributed by atoms with Gasteiger partial charge in [0.15, 0.2) is 0 Å². The fraction of sp³-hybridized carbons (Fsp3) is 0.692. The van der Waals surface area contributed by atoms with Crippen LogP contribution in [-0.2, 0) is 11.3 Å². The molecule has 0 radical (unpaired) electrons. The second kappa shape index (κ2) is 7.19. The van der Waals surface area contributed by atoms with Gasteiger partial charge < -0.3 is 15.4 Å². The van der Waals surface area contributed by atoms with E-state index in [4.69, 9.17) is 4.74 Å². The lowest BCUT2D eigenvalue weighted by molar-refractivity contribution is 0.0372. The maximum atomic E-state index is 12.1. The molecule has 1 saturated heterocycles. The molecule has 2 heterocycles. The van der Waals surface area contributed by atoms with E-state index in [9.17, 15) is 4.79 Å². The standard InChI is InChI=1S/C13H21BrN4O2/c1-9(2)8-18-13(19)12(14)11(7-17-18)16-6-10-5-15-3-4-20-10/h7,9-10,15-16H,3-6,8H2,1-2H3. The molecule has 0 amide bonds. The van der Waals surface area contributed by atoms with Crippen molar-refractivity contribution in [2.24, 2.45) is 5.92 Å². The molecule has 112 valence electrons. The van der Waals surface area contributed by atoms with Crippen LogP contribution in [0.15, 0.2) is 15.5 Å². The smallest absolute Gasteiger partial charge is 0.283 e. The van der Waals surface area contributed by atoms with E-state index in [1.165, 1.54) is 4.68 Å². The van der Waals surface area contributed by atoms with Crippen molar-refractivity contribution >= 4 is 21.6 Å². The Balaban J connectivity index is 2.01. The second-order valence-electron chi connectivity index (χ2n) is 5.33. The Morgan fingerprint density at radius 1 is 1.65 bits per heavy atom. The number of hydrogen-bond donors (Lipinski definition) is 2. The zero-order valence-electron chi connectivity index (χ0n) is 11.9. The van der Waals surface area contributed by atoms with Crippen LogP contribution < -0.4 is 16.2 Å². The van der Waals surface area contributed by atoms with Crippen LogP contribution in [0.25, 0.3) is 0 Å². The minimum absolute atomic E-state index is 0.105. The number of morpholine rings is 1. The lowest BCUT2D eigenvalue weighted by atomic mass is 10.2. The lowest BCUT2D eigenvalue weighted by Crippen LogP contribution is -2.42.